The Morgan fingerprint density at radius 3 is 2.60 bits per heavy atom. The first-order chi connectivity index (χ1) is 20.2. The van der Waals surface area contributed by atoms with Crippen LogP contribution in [0.25, 0.3) is 0 Å². The Kier molecular flexibility index (Phi) is 9.33. The Morgan fingerprint density at radius 2 is 1.88 bits per heavy atom. The molecule has 42 heavy (non-hydrogen) atoms. The van der Waals surface area contributed by atoms with Gasteiger partial charge in [-0.3, -0.25) is 19.5 Å². The van der Waals surface area contributed by atoms with Crippen molar-refractivity contribution in [2.24, 2.45) is 0 Å². The molecule has 0 radical (unpaired) electrons. The standard InChI is InChI=1S/C33H39N3O6/c1-33(2,3)42-31(39)28-10-6-16-36(28)20-27-18-29(23-13-11-22(21-37)12-14-23)41-32(40-27)24-7-4-9-26(17-24)35-30(38)25-8-5-15-34-19-25/h4-5,7-9,11-15,17,19,27-29,32,37H,6,10,16,18,20-21H2,1-3H3,(H,35,38)/t27-,28-,29+,32+/m0/s1. The molecular formula is C33H39N3O6. The molecule has 2 aliphatic rings. The molecule has 3 aromatic rings. The van der Waals surface area contributed by atoms with E-state index in [4.69, 9.17) is 14.2 Å². The number of esters is 1. The van der Waals surface area contributed by atoms with E-state index >= 15 is 0 Å². The van der Waals surface area contributed by atoms with Gasteiger partial charge < -0.3 is 24.6 Å². The minimum Gasteiger partial charge on any atom is -0.459 e. The molecule has 0 aliphatic carbocycles. The number of amides is 1. The average molecular weight is 574 g/mol. The summed E-state index contributed by atoms with van der Waals surface area (Å²) in [6, 6.07) is 18.3. The van der Waals surface area contributed by atoms with Gasteiger partial charge in [-0.1, -0.05) is 36.4 Å². The second-order valence-corrected chi connectivity index (χ2v) is 11.9. The van der Waals surface area contributed by atoms with Crippen LogP contribution in [0.15, 0.2) is 73.1 Å². The van der Waals surface area contributed by atoms with Crippen LogP contribution in [0, 0.1) is 0 Å². The highest BCUT2D eigenvalue weighted by Gasteiger charge is 2.39. The predicted molar refractivity (Wildman–Crippen MR) is 157 cm³/mol. The normalized spacial score (nSPS) is 23.0. The number of nitrogens with zero attached hydrogens (tertiary/aromatic N) is 2. The monoisotopic (exact) mass is 573 g/mol. The van der Waals surface area contributed by atoms with Crippen LogP contribution in [0.5, 0.6) is 0 Å². The number of anilines is 1. The molecule has 3 heterocycles. The van der Waals surface area contributed by atoms with Crippen molar-refractivity contribution in [1.82, 2.24) is 9.88 Å². The number of likely N-dealkylation sites (tertiary alicyclic amines) is 1. The average Bonchev–Trinajstić information content (AvgIpc) is 3.45. The molecule has 0 spiro atoms. The molecule has 222 valence electrons. The maximum Gasteiger partial charge on any atom is 0.323 e. The van der Waals surface area contributed by atoms with E-state index in [0.717, 1.165) is 36.1 Å². The topological polar surface area (TPSA) is 110 Å². The molecule has 2 N–H and O–H groups in total. The first kappa shape index (κ1) is 29.8. The lowest BCUT2D eigenvalue weighted by atomic mass is 9.99. The van der Waals surface area contributed by atoms with E-state index < -0.39 is 11.9 Å². The number of ether oxygens (including phenoxy) is 3. The summed E-state index contributed by atoms with van der Waals surface area (Å²) in [6.45, 7) is 6.98. The molecule has 0 unspecified atom stereocenters. The first-order valence-electron chi connectivity index (χ1n) is 14.5. The number of aromatic nitrogens is 1. The maximum atomic E-state index is 13.0. The minimum atomic E-state index is -0.691. The van der Waals surface area contributed by atoms with Crippen LogP contribution < -0.4 is 5.32 Å². The summed E-state index contributed by atoms with van der Waals surface area (Å²) < 4.78 is 18.7. The lowest BCUT2D eigenvalue weighted by molar-refractivity contribution is -0.253. The number of aliphatic hydroxyl groups is 1. The highest BCUT2D eigenvalue weighted by molar-refractivity contribution is 6.04. The van der Waals surface area contributed by atoms with Crippen molar-refractivity contribution in [2.45, 2.75) is 76.8 Å². The number of pyridine rings is 1. The maximum absolute atomic E-state index is 13.0. The van der Waals surface area contributed by atoms with Gasteiger partial charge >= 0.3 is 5.97 Å². The lowest BCUT2D eigenvalue weighted by Gasteiger charge is -2.38. The Hall–Kier alpha value is -3.63. The summed E-state index contributed by atoms with van der Waals surface area (Å²) in [4.78, 5) is 31.9. The van der Waals surface area contributed by atoms with Gasteiger partial charge in [0.05, 0.1) is 24.4 Å². The van der Waals surface area contributed by atoms with Crippen LogP contribution in [0.4, 0.5) is 5.69 Å². The van der Waals surface area contributed by atoms with E-state index in [0.29, 0.717) is 24.2 Å². The molecular weight excluding hydrogens is 534 g/mol. The van der Waals surface area contributed by atoms with Crippen molar-refractivity contribution in [2.75, 3.05) is 18.4 Å². The first-order valence-corrected chi connectivity index (χ1v) is 14.5. The highest BCUT2D eigenvalue weighted by atomic mass is 16.7. The Morgan fingerprint density at radius 1 is 1.07 bits per heavy atom. The van der Waals surface area contributed by atoms with Gasteiger partial charge in [-0.25, -0.2) is 0 Å². The Balaban J connectivity index is 1.36. The Bertz CT molecular complexity index is 1360. The van der Waals surface area contributed by atoms with Gasteiger partial charge in [0.2, 0.25) is 0 Å². The van der Waals surface area contributed by atoms with Crippen molar-refractivity contribution >= 4 is 17.6 Å². The fourth-order valence-corrected chi connectivity index (χ4v) is 5.44. The largest absolute Gasteiger partial charge is 0.459 e. The number of carbonyl (C=O) groups is 2. The molecule has 9 nitrogen and oxygen atoms in total. The number of carbonyl (C=O) groups excluding carboxylic acids is 2. The third-order valence-corrected chi connectivity index (χ3v) is 7.44. The van der Waals surface area contributed by atoms with Crippen LogP contribution >= 0.6 is 0 Å². The second kappa shape index (κ2) is 13.1. The van der Waals surface area contributed by atoms with Crippen LogP contribution in [0.1, 0.15) is 79.5 Å². The summed E-state index contributed by atoms with van der Waals surface area (Å²) in [5.41, 5.74) is 3.11. The predicted octanol–water partition coefficient (Wildman–Crippen LogP) is 5.18. The molecule has 2 fully saturated rings. The summed E-state index contributed by atoms with van der Waals surface area (Å²) >= 11 is 0. The molecule has 2 aromatic carbocycles. The van der Waals surface area contributed by atoms with Crippen molar-refractivity contribution in [3.63, 3.8) is 0 Å². The van der Waals surface area contributed by atoms with Gasteiger partial charge in [0.1, 0.15) is 11.6 Å². The van der Waals surface area contributed by atoms with Gasteiger partial charge in [0.25, 0.3) is 5.91 Å². The van der Waals surface area contributed by atoms with Gasteiger partial charge in [0.15, 0.2) is 6.29 Å². The van der Waals surface area contributed by atoms with Crippen LogP contribution in [0.2, 0.25) is 0 Å². The summed E-state index contributed by atoms with van der Waals surface area (Å²) in [6.07, 6.45) is 4.24. The van der Waals surface area contributed by atoms with Crippen molar-refractivity contribution in [1.29, 1.82) is 0 Å². The van der Waals surface area contributed by atoms with Crippen LogP contribution in [-0.2, 0) is 25.6 Å². The number of benzene rings is 2. The zero-order valence-electron chi connectivity index (χ0n) is 24.4. The van der Waals surface area contributed by atoms with Crippen LogP contribution in [-0.4, -0.2) is 57.7 Å². The van der Waals surface area contributed by atoms with E-state index in [1.54, 1.807) is 18.3 Å². The van der Waals surface area contributed by atoms with Gasteiger partial charge in [-0.15, -0.1) is 0 Å². The number of nitrogens with one attached hydrogen (secondary N) is 1. The number of hydrogen-bond donors (Lipinski definition) is 2. The zero-order chi connectivity index (χ0) is 29.7. The molecule has 0 saturated carbocycles. The number of rotatable bonds is 8. The minimum absolute atomic E-state index is 0.0290. The van der Waals surface area contributed by atoms with Crippen molar-refractivity contribution in [3.05, 3.63) is 95.3 Å². The van der Waals surface area contributed by atoms with E-state index in [2.05, 4.69) is 15.2 Å². The SMILES string of the molecule is CC(C)(C)OC(=O)[C@@H]1CCCN1C[C@@H]1C[C@H](c2ccc(CO)cc2)O[C@H](c2cccc(NC(=O)c3cccnc3)c2)O1. The van der Waals surface area contributed by atoms with E-state index in [-0.39, 0.29) is 36.7 Å². The third-order valence-electron chi connectivity index (χ3n) is 7.44. The highest BCUT2D eigenvalue weighted by Crippen LogP contribution is 2.39. The van der Waals surface area contributed by atoms with Gasteiger partial charge in [-0.2, -0.15) is 0 Å². The van der Waals surface area contributed by atoms with Crippen molar-refractivity contribution < 1.29 is 28.9 Å². The zero-order valence-corrected chi connectivity index (χ0v) is 24.4. The van der Waals surface area contributed by atoms with Gasteiger partial charge in [-0.05, 0) is 75.5 Å². The second-order valence-electron chi connectivity index (χ2n) is 11.9. The van der Waals surface area contributed by atoms with E-state index in [1.165, 1.54) is 6.20 Å². The van der Waals surface area contributed by atoms with Crippen molar-refractivity contribution in [3.8, 4) is 0 Å². The molecule has 9 heteroatoms. The molecule has 1 aromatic heterocycles. The third kappa shape index (κ3) is 7.60. The molecule has 2 aliphatic heterocycles. The fourth-order valence-electron chi connectivity index (χ4n) is 5.44. The summed E-state index contributed by atoms with van der Waals surface area (Å²) in [5, 5.41) is 12.4. The quantitative estimate of drug-likeness (QED) is 0.355. The van der Waals surface area contributed by atoms with Crippen LogP contribution in [0.3, 0.4) is 0 Å². The molecule has 0 bridgehead atoms. The summed E-state index contributed by atoms with van der Waals surface area (Å²) in [5.74, 6) is -0.454. The molecule has 1 amide bonds. The fraction of sp³-hybridized carbons (Fsp3) is 0.424. The molecule has 5 rings (SSSR count). The van der Waals surface area contributed by atoms with E-state index in [9.17, 15) is 14.7 Å². The van der Waals surface area contributed by atoms with Gasteiger partial charge in [0, 0.05) is 36.6 Å². The number of aliphatic hydroxyl groups excluding tert-OH is 1. The molecule has 4 atom stereocenters. The smallest absolute Gasteiger partial charge is 0.323 e. The van der Waals surface area contributed by atoms with E-state index in [1.807, 2.05) is 69.3 Å². The Labute approximate surface area is 246 Å². The lowest BCUT2D eigenvalue weighted by Crippen LogP contribution is -2.45. The summed E-state index contributed by atoms with van der Waals surface area (Å²) in [7, 11) is 0. The molecule has 2 saturated heterocycles. The number of hydrogen-bond acceptors (Lipinski definition) is 8.